The maximum absolute atomic E-state index is 9.08. The molecule has 11 heavy (non-hydrogen) atoms. The minimum atomic E-state index is 0.207. The van der Waals surface area contributed by atoms with E-state index in [1.807, 2.05) is 14.1 Å². The number of nitrogens with zero attached hydrogens (tertiary/aromatic N) is 1. The zero-order valence-electron chi connectivity index (χ0n) is 8.39. The Kier molecular flexibility index (Phi) is 4.04. The number of hydrogen-bond acceptors (Lipinski definition) is 2. The molecule has 0 rings (SSSR count). The highest BCUT2D eigenvalue weighted by Crippen LogP contribution is 2.25. The number of hydrogen-bond donors (Lipinski definition) is 1. The highest BCUT2D eigenvalue weighted by atomic mass is 16.3. The molecule has 1 atom stereocenters. The van der Waals surface area contributed by atoms with Crippen molar-refractivity contribution in [3.8, 4) is 0 Å². The number of rotatable bonds is 3. The van der Waals surface area contributed by atoms with Crippen LogP contribution in [0.15, 0.2) is 0 Å². The van der Waals surface area contributed by atoms with Gasteiger partial charge in [-0.3, -0.25) is 0 Å². The Morgan fingerprint density at radius 1 is 1.27 bits per heavy atom. The molecule has 0 aromatic heterocycles. The van der Waals surface area contributed by atoms with E-state index in [4.69, 9.17) is 5.11 Å². The Morgan fingerprint density at radius 3 is 1.82 bits per heavy atom. The zero-order chi connectivity index (χ0) is 9.07. The molecular formula is C9H21NO. The molecule has 0 saturated heterocycles. The largest absolute Gasteiger partial charge is 0.396 e. The zero-order valence-corrected chi connectivity index (χ0v) is 8.39. The molecule has 0 aliphatic rings. The van der Waals surface area contributed by atoms with E-state index in [-0.39, 0.29) is 12.0 Å². The molecule has 68 valence electrons. The average Bonchev–Trinajstić information content (AvgIpc) is 1.79. The summed E-state index contributed by atoms with van der Waals surface area (Å²) in [7, 11) is 4.07. The van der Waals surface area contributed by atoms with Gasteiger partial charge in [-0.1, -0.05) is 20.8 Å². The van der Waals surface area contributed by atoms with Gasteiger partial charge >= 0.3 is 0 Å². The lowest BCUT2D eigenvalue weighted by Crippen LogP contribution is -2.33. The first-order valence-electron chi connectivity index (χ1n) is 4.13. The van der Waals surface area contributed by atoms with E-state index in [1.165, 1.54) is 0 Å². The van der Waals surface area contributed by atoms with Gasteiger partial charge in [0.05, 0.1) is 0 Å². The van der Waals surface area contributed by atoms with E-state index in [2.05, 4.69) is 25.7 Å². The van der Waals surface area contributed by atoms with Crippen LogP contribution in [-0.4, -0.2) is 37.3 Å². The van der Waals surface area contributed by atoms with Crippen LogP contribution in [0.1, 0.15) is 20.8 Å². The summed E-state index contributed by atoms with van der Waals surface area (Å²) in [5.74, 6) is 0.373. The van der Waals surface area contributed by atoms with E-state index in [0.29, 0.717) is 5.92 Å². The lowest BCUT2D eigenvalue weighted by atomic mass is 9.81. The normalized spacial score (nSPS) is 15.5. The van der Waals surface area contributed by atoms with Crippen molar-refractivity contribution in [2.45, 2.75) is 20.8 Å². The van der Waals surface area contributed by atoms with Crippen molar-refractivity contribution < 1.29 is 5.11 Å². The van der Waals surface area contributed by atoms with Crippen LogP contribution in [0.5, 0.6) is 0 Å². The van der Waals surface area contributed by atoms with Crippen LogP contribution in [0.4, 0.5) is 0 Å². The monoisotopic (exact) mass is 159 g/mol. The Bertz CT molecular complexity index is 105. The molecule has 0 aromatic carbocycles. The molecule has 1 unspecified atom stereocenters. The van der Waals surface area contributed by atoms with Crippen LogP contribution in [0.25, 0.3) is 0 Å². The quantitative estimate of drug-likeness (QED) is 0.669. The second-order valence-electron chi connectivity index (χ2n) is 4.51. The third-order valence-corrected chi connectivity index (χ3v) is 2.03. The number of aliphatic hydroxyl groups is 1. The minimum absolute atomic E-state index is 0.207. The molecule has 0 aromatic rings. The van der Waals surface area contributed by atoms with Crippen molar-refractivity contribution in [1.29, 1.82) is 0 Å². The first-order valence-corrected chi connectivity index (χ1v) is 4.13. The van der Waals surface area contributed by atoms with Gasteiger partial charge in [-0.2, -0.15) is 0 Å². The predicted octanol–water partition coefficient (Wildman–Crippen LogP) is 1.20. The van der Waals surface area contributed by atoms with E-state index in [9.17, 15) is 0 Å². The fraction of sp³-hybridized carbons (Fsp3) is 1.00. The highest BCUT2D eigenvalue weighted by molar-refractivity contribution is 4.74. The van der Waals surface area contributed by atoms with Crippen LogP contribution < -0.4 is 0 Å². The Morgan fingerprint density at radius 2 is 1.73 bits per heavy atom. The topological polar surface area (TPSA) is 23.5 Å². The molecule has 0 saturated carbocycles. The van der Waals surface area contributed by atoms with Crippen LogP contribution in [0.2, 0.25) is 0 Å². The fourth-order valence-corrected chi connectivity index (χ4v) is 1.05. The Labute approximate surface area is 70.2 Å². The second kappa shape index (κ2) is 4.07. The SMILES string of the molecule is CN(C)CC(CO)C(C)(C)C. The first kappa shape index (κ1) is 10.9. The summed E-state index contributed by atoms with van der Waals surface area (Å²) in [4.78, 5) is 2.12. The third-order valence-electron chi connectivity index (χ3n) is 2.03. The second-order valence-corrected chi connectivity index (χ2v) is 4.51. The van der Waals surface area contributed by atoms with E-state index < -0.39 is 0 Å². The van der Waals surface area contributed by atoms with Gasteiger partial charge in [0, 0.05) is 13.2 Å². The van der Waals surface area contributed by atoms with Crippen molar-refractivity contribution in [1.82, 2.24) is 4.90 Å². The molecule has 1 N–H and O–H groups in total. The Balaban J connectivity index is 3.96. The van der Waals surface area contributed by atoms with Gasteiger partial charge < -0.3 is 10.0 Å². The van der Waals surface area contributed by atoms with Crippen molar-refractivity contribution in [2.75, 3.05) is 27.2 Å². The summed E-state index contributed by atoms with van der Waals surface area (Å²) in [5.41, 5.74) is 0.207. The smallest absolute Gasteiger partial charge is 0.0476 e. The highest BCUT2D eigenvalue weighted by Gasteiger charge is 2.23. The molecule has 0 aliphatic heterocycles. The molecule has 0 amide bonds. The molecular weight excluding hydrogens is 138 g/mol. The summed E-state index contributed by atoms with van der Waals surface area (Å²) in [6, 6.07) is 0. The van der Waals surface area contributed by atoms with Gasteiger partial charge in [0.1, 0.15) is 0 Å². The fourth-order valence-electron chi connectivity index (χ4n) is 1.05. The molecule has 0 bridgehead atoms. The molecule has 0 radical (unpaired) electrons. The van der Waals surface area contributed by atoms with Gasteiger partial charge in [-0.15, -0.1) is 0 Å². The van der Waals surface area contributed by atoms with E-state index in [0.717, 1.165) is 6.54 Å². The standard InChI is InChI=1S/C9H21NO/c1-9(2,3)8(7-11)6-10(4)5/h8,11H,6-7H2,1-5H3. The lowest BCUT2D eigenvalue weighted by Gasteiger charge is -2.31. The van der Waals surface area contributed by atoms with Gasteiger partial charge in [0.15, 0.2) is 0 Å². The van der Waals surface area contributed by atoms with Gasteiger partial charge in [0.25, 0.3) is 0 Å². The molecule has 0 fully saturated rings. The van der Waals surface area contributed by atoms with Crippen LogP contribution in [-0.2, 0) is 0 Å². The number of aliphatic hydroxyl groups excluding tert-OH is 1. The van der Waals surface area contributed by atoms with E-state index in [1.54, 1.807) is 0 Å². The predicted molar refractivity (Wildman–Crippen MR) is 48.6 cm³/mol. The lowest BCUT2D eigenvalue weighted by molar-refractivity contribution is 0.104. The minimum Gasteiger partial charge on any atom is -0.396 e. The molecule has 0 heterocycles. The van der Waals surface area contributed by atoms with Crippen LogP contribution >= 0.6 is 0 Å². The summed E-state index contributed by atoms with van der Waals surface area (Å²) in [6.45, 7) is 7.73. The van der Waals surface area contributed by atoms with Gasteiger partial charge in [-0.25, -0.2) is 0 Å². The van der Waals surface area contributed by atoms with Gasteiger partial charge in [0.2, 0.25) is 0 Å². The van der Waals surface area contributed by atoms with Crippen molar-refractivity contribution in [3.63, 3.8) is 0 Å². The summed E-state index contributed by atoms with van der Waals surface area (Å²) < 4.78 is 0. The molecule has 2 nitrogen and oxygen atoms in total. The molecule has 0 spiro atoms. The molecule has 0 aliphatic carbocycles. The van der Waals surface area contributed by atoms with Crippen molar-refractivity contribution in [3.05, 3.63) is 0 Å². The summed E-state index contributed by atoms with van der Waals surface area (Å²) >= 11 is 0. The average molecular weight is 159 g/mol. The summed E-state index contributed by atoms with van der Waals surface area (Å²) in [5, 5.41) is 9.08. The molecule has 2 heteroatoms. The van der Waals surface area contributed by atoms with Crippen LogP contribution in [0.3, 0.4) is 0 Å². The van der Waals surface area contributed by atoms with E-state index >= 15 is 0 Å². The maximum atomic E-state index is 9.08. The Hall–Kier alpha value is -0.0800. The van der Waals surface area contributed by atoms with Crippen molar-refractivity contribution in [2.24, 2.45) is 11.3 Å². The van der Waals surface area contributed by atoms with Crippen LogP contribution in [0, 0.1) is 11.3 Å². The maximum Gasteiger partial charge on any atom is 0.0476 e. The third kappa shape index (κ3) is 4.38. The van der Waals surface area contributed by atoms with Gasteiger partial charge in [-0.05, 0) is 25.4 Å². The summed E-state index contributed by atoms with van der Waals surface area (Å²) in [6.07, 6.45) is 0. The van der Waals surface area contributed by atoms with Crippen molar-refractivity contribution >= 4 is 0 Å². The first-order chi connectivity index (χ1) is 4.88.